The highest BCUT2D eigenvalue weighted by molar-refractivity contribution is 9.13. The summed E-state index contributed by atoms with van der Waals surface area (Å²) in [5.41, 5.74) is 2.03. The fourth-order valence-electron chi connectivity index (χ4n) is 1.68. The van der Waals surface area contributed by atoms with Gasteiger partial charge in [0, 0.05) is 22.8 Å². The fraction of sp³-hybridized carbons (Fsp3) is 0.143. The highest BCUT2D eigenvalue weighted by Crippen LogP contribution is 2.32. The summed E-state index contributed by atoms with van der Waals surface area (Å²) in [6.07, 6.45) is 0. The maximum Gasteiger partial charge on any atom is 0.265 e. The summed E-state index contributed by atoms with van der Waals surface area (Å²) in [7, 11) is 1.57. The largest absolute Gasteiger partial charge is 0.355 e. The molecular weight excluding hydrogens is 420 g/mol. The van der Waals surface area contributed by atoms with Crippen molar-refractivity contribution in [2.45, 2.75) is 6.92 Å². The molecule has 7 heteroatoms. The van der Waals surface area contributed by atoms with E-state index in [2.05, 4.69) is 42.5 Å². The number of anilines is 1. The van der Waals surface area contributed by atoms with Crippen LogP contribution in [0.15, 0.2) is 32.5 Å². The van der Waals surface area contributed by atoms with Crippen molar-refractivity contribution < 1.29 is 9.59 Å². The number of benzene rings is 1. The van der Waals surface area contributed by atoms with Gasteiger partial charge in [0.2, 0.25) is 0 Å². The number of carbonyl (C=O) groups excluding carboxylic acids is 2. The molecule has 2 aromatic rings. The third kappa shape index (κ3) is 3.72. The fourth-order valence-corrected chi connectivity index (χ4v) is 3.62. The minimum Gasteiger partial charge on any atom is -0.355 e. The predicted molar refractivity (Wildman–Crippen MR) is 92.2 cm³/mol. The molecule has 0 atom stereocenters. The van der Waals surface area contributed by atoms with Crippen LogP contribution in [-0.2, 0) is 0 Å². The van der Waals surface area contributed by atoms with E-state index >= 15 is 0 Å². The Bertz CT molecular complexity index is 693. The molecule has 2 rings (SSSR count). The van der Waals surface area contributed by atoms with Gasteiger partial charge in [-0.1, -0.05) is 6.07 Å². The van der Waals surface area contributed by atoms with Gasteiger partial charge in [0.25, 0.3) is 11.8 Å². The normalized spacial score (nSPS) is 10.3. The van der Waals surface area contributed by atoms with Crippen LogP contribution in [0.3, 0.4) is 0 Å². The molecule has 0 spiro atoms. The van der Waals surface area contributed by atoms with Gasteiger partial charge in [-0.2, -0.15) is 0 Å². The van der Waals surface area contributed by atoms with Crippen LogP contribution in [-0.4, -0.2) is 18.9 Å². The number of amides is 2. The van der Waals surface area contributed by atoms with E-state index in [0.29, 0.717) is 16.1 Å². The van der Waals surface area contributed by atoms with Crippen LogP contribution >= 0.6 is 43.2 Å². The van der Waals surface area contributed by atoms with Crippen LogP contribution in [0.2, 0.25) is 0 Å². The molecule has 4 nitrogen and oxygen atoms in total. The highest BCUT2D eigenvalue weighted by atomic mass is 79.9. The molecular formula is C14H12Br2N2O2S. The van der Waals surface area contributed by atoms with Gasteiger partial charge in [-0.05, 0) is 62.5 Å². The second kappa shape index (κ2) is 6.72. The summed E-state index contributed by atoms with van der Waals surface area (Å²) < 4.78 is 1.71. The molecule has 0 aliphatic carbocycles. The number of carbonyl (C=O) groups is 2. The highest BCUT2D eigenvalue weighted by Gasteiger charge is 2.14. The lowest BCUT2D eigenvalue weighted by atomic mass is 10.1. The third-order valence-corrected chi connectivity index (χ3v) is 6.10. The van der Waals surface area contributed by atoms with Crippen molar-refractivity contribution in [3.8, 4) is 0 Å². The summed E-state index contributed by atoms with van der Waals surface area (Å²) in [5.74, 6) is -0.393. The Labute approximate surface area is 143 Å². The first-order valence-corrected chi connectivity index (χ1v) is 8.41. The van der Waals surface area contributed by atoms with Gasteiger partial charge < -0.3 is 10.6 Å². The molecule has 110 valence electrons. The average molecular weight is 432 g/mol. The van der Waals surface area contributed by atoms with Crippen LogP contribution < -0.4 is 10.6 Å². The van der Waals surface area contributed by atoms with Crippen molar-refractivity contribution in [2.24, 2.45) is 0 Å². The minimum atomic E-state index is -0.205. The van der Waals surface area contributed by atoms with E-state index in [4.69, 9.17) is 0 Å². The molecule has 0 aliphatic rings. The quantitative estimate of drug-likeness (QED) is 0.765. The van der Waals surface area contributed by atoms with Crippen LogP contribution in [0.5, 0.6) is 0 Å². The summed E-state index contributed by atoms with van der Waals surface area (Å²) in [6, 6.07) is 6.95. The van der Waals surface area contributed by atoms with E-state index in [9.17, 15) is 9.59 Å². The van der Waals surface area contributed by atoms with Crippen LogP contribution in [0, 0.1) is 6.92 Å². The van der Waals surface area contributed by atoms with E-state index in [1.54, 1.807) is 31.3 Å². The Morgan fingerprint density at radius 2 is 1.86 bits per heavy atom. The van der Waals surface area contributed by atoms with Crippen LogP contribution in [0.1, 0.15) is 25.6 Å². The van der Waals surface area contributed by atoms with E-state index in [-0.39, 0.29) is 11.8 Å². The van der Waals surface area contributed by atoms with Crippen molar-refractivity contribution in [2.75, 3.05) is 12.4 Å². The maximum absolute atomic E-state index is 12.2. The number of nitrogens with one attached hydrogen (secondary N) is 2. The second-order valence-corrected chi connectivity index (χ2v) is 7.52. The molecule has 0 aliphatic heterocycles. The number of rotatable bonds is 3. The van der Waals surface area contributed by atoms with E-state index in [1.165, 1.54) is 11.3 Å². The topological polar surface area (TPSA) is 58.2 Å². The number of hydrogen-bond acceptors (Lipinski definition) is 3. The van der Waals surface area contributed by atoms with Crippen LogP contribution in [0.4, 0.5) is 5.69 Å². The number of aryl methyl sites for hydroxylation is 1. The first-order chi connectivity index (χ1) is 9.92. The van der Waals surface area contributed by atoms with Crippen molar-refractivity contribution in [3.05, 3.63) is 48.5 Å². The molecule has 0 saturated carbocycles. The molecule has 0 radical (unpaired) electrons. The Morgan fingerprint density at radius 1 is 1.14 bits per heavy atom. The van der Waals surface area contributed by atoms with Crippen molar-refractivity contribution in [1.29, 1.82) is 0 Å². The molecule has 0 bridgehead atoms. The molecule has 0 saturated heterocycles. The van der Waals surface area contributed by atoms with Gasteiger partial charge in [0.15, 0.2) is 0 Å². The predicted octanol–water partition coefficient (Wildman–Crippen LogP) is 4.19. The van der Waals surface area contributed by atoms with Gasteiger partial charge >= 0.3 is 0 Å². The zero-order valence-electron chi connectivity index (χ0n) is 11.3. The number of halogens is 2. The van der Waals surface area contributed by atoms with Crippen molar-refractivity contribution in [3.63, 3.8) is 0 Å². The molecule has 1 aromatic heterocycles. The maximum atomic E-state index is 12.2. The smallest absolute Gasteiger partial charge is 0.265 e. The van der Waals surface area contributed by atoms with E-state index in [0.717, 1.165) is 13.8 Å². The van der Waals surface area contributed by atoms with Gasteiger partial charge in [-0.15, -0.1) is 11.3 Å². The van der Waals surface area contributed by atoms with Gasteiger partial charge in [-0.3, -0.25) is 9.59 Å². The van der Waals surface area contributed by atoms with E-state index < -0.39 is 0 Å². The van der Waals surface area contributed by atoms with Gasteiger partial charge in [0.1, 0.15) is 0 Å². The van der Waals surface area contributed by atoms with Gasteiger partial charge in [0.05, 0.1) is 8.66 Å². The number of thiophene rings is 1. The summed E-state index contributed by atoms with van der Waals surface area (Å²) >= 11 is 8.06. The lowest BCUT2D eigenvalue weighted by Gasteiger charge is -2.09. The number of hydrogen-bond donors (Lipinski definition) is 2. The molecule has 2 N–H and O–H groups in total. The summed E-state index contributed by atoms with van der Waals surface area (Å²) in [5, 5.41) is 5.40. The Morgan fingerprint density at radius 3 is 2.43 bits per heavy atom. The summed E-state index contributed by atoms with van der Waals surface area (Å²) in [4.78, 5) is 24.5. The Balaban J connectivity index is 2.26. The Kier molecular flexibility index (Phi) is 5.18. The summed E-state index contributed by atoms with van der Waals surface area (Å²) in [6.45, 7) is 1.88. The zero-order valence-corrected chi connectivity index (χ0v) is 15.3. The molecule has 1 heterocycles. The lowest BCUT2D eigenvalue weighted by Crippen LogP contribution is -2.18. The van der Waals surface area contributed by atoms with E-state index in [1.807, 2.05) is 6.92 Å². The Hall–Kier alpha value is -1.18. The minimum absolute atomic E-state index is 0.188. The van der Waals surface area contributed by atoms with Crippen molar-refractivity contribution in [1.82, 2.24) is 5.32 Å². The molecule has 1 aromatic carbocycles. The van der Waals surface area contributed by atoms with Crippen molar-refractivity contribution >= 4 is 60.7 Å². The second-order valence-electron chi connectivity index (χ2n) is 4.30. The molecule has 0 unspecified atom stereocenters. The third-order valence-electron chi connectivity index (χ3n) is 2.84. The zero-order chi connectivity index (χ0) is 15.6. The lowest BCUT2D eigenvalue weighted by molar-refractivity contribution is 0.0961. The molecule has 21 heavy (non-hydrogen) atoms. The van der Waals surface area contributed by atoms with Gasteiger partial charge in [-0.25, -0.2) is 0 Å². The molecule has 0 fully saturated rings. The first kappa shape index (κ1) is 16.2. The standard InChI is InChI=1S/C14H12Br2N2O2S/c1-7-3-4-8(13(19)17-2)5-10(7)18-14(20)11-6-9(15)12(16)21-11/h3-6H,1-2H3,(H,17,19)(H,18,20). The first-order valence-electron chi connectivity index (χ1n) is 6.01. The SMILES string of the molecule is CNC(=O)c1ccc(C)c(NC(=O)c2cc(Br)c(Br)s2)c1. The van der Waals surface area contributed by atoms with Crippen LogP contribution in [0.25, 0.3) is 0 Å². The monoisotopic (exact) mass is 430 g/mol. The average Bonchev–Trinajstić information content (AvgIpc) is 2.80. The molecule has 2 amide bonds.